The molecule has 1 rings (SSSR count). The largest absolute Gasteiger partial charge is 0.489 e. The van der Waals surface area contributed by atoms with Crippen molar-refractivity contribution < 1.29 is 9.84 Å². The van der Waals surface area contributed by atoms with Gasteiger partial charge in [-0.25, -0.2) is 0 Å². The summed E-state index contributed by atoms with van der Waals surface area (Å²) in [6.45, 7) is 1.40. The Kier molecular flexibility index (Phi) is 8.33. The molecule has 0 saturated heterocycles. The molecule has 0 amide bonds. The maximum absolute atomic E-state index is 9.77. The van der Waals surface area contributed by atoms with E-state index in [4.69, 9.17) is 16.4 Å². The molecule has 4 nitrogen and oxygen atoms in total. The molecular weight excluding hydrogens is 272 g/mol. The average molecular weight is 290 g/mol. The number of aliphatic hydroxyl groups is 1. The molecule has 20 heavy (non-hydrogen) atoms. The predicted octanol–water partition coefficient (Wildman–Crippen LogP) is 1.25. The molecule has 2 N–H and O–H groups in total. The molecule has 0 fully saturated rings. The highest BCUT2D eigenvalue weighted by Crippen LogP contribution is 2.16. The van der Waals surface area contributed by atoms with Crippen LogP contribution in [-0.2, 0) is 0 Å². The number of benzene rings is 1. The van der Waals surface area contributed by atoms with Crippen LogP contribution in [0.1, 0.15) is 5.56 Å². The Bertz CT molecular complexity index is 479. The van der Waals surface area contributed by atoms with Crippen molar-refractivity contribution >= 4 is 11.8 Å². The third kappa shape index (κ3) is 6.49. The van der Waals surface area contributed by atoms with Crippen LogP contribution < -0.4 is 10.1 Å². The molecule has 0 saturated carbocycles. The van der Waals surface area contributed by atoms with E-state index in [1.54, 1.807) is 36.0 Å². The van der Waals surface area contributed by atoms with Crippen LogP contribution in [-0.4, -0.2) is 42.4 Å². The van der Waals surface area contributed by atoms with Gasteiger partial charge in [0, 0.05) is 18.8 Å². The molecule has 1 atom stereocenters. The van der Waals surface area contributed by atoms with Gasteiger partial charge < -0.3 is 15.2 Å². The molecule has 0 aromatic heterocycles. The van der Waals surface area contributed by atoms with Crippen LogP contribution in [0.15, 0.2) is 24.3 Å². The molecule has 0 radical (unpaired) electrons. The number of hydrogen-bond donors (Lipinski definition) is 2. The number of rotatable bonds is 9. The van der Waals surface area contributed by atoms with Crippen LogP contribution in [0.25, 0.3) is 0 Å². The van der Waals surface area contributed by atoms with Crippen LogP contribution >= 0.6 is 11.8 Å². The number of aliphatic hydroxyl groups excluding tert-OH is 1. The first kappa shape index (κ1) is 16.4. The lowest BCUT2D eigenvalue weighted by Crippen LogP contribution is -2.32. The smallest absolute Gasteiger partial charge is 0.137 e. The topological polar surface area (TPSA) is 65.3 Å². The molecular formula is C15H18N2O2S. The van der Waals surface area contributed by atoms with Crippen molar-refractivity contribution in [3.05, 3.63) is 29.8 Å². The van der Waals surface area contributed by atoms with Crippen LogP contribution in [0, 0.1) is 23.7 Å². The summed E-state index contributed by atoms with van der Waals surface area (Å²) in [4.78, 5) is 0. The van der Waals surface area contributed by atoms with Gasteiger partial charge in [0.05, 0.1) is 11.3 Å². The molecule has 1 aromatic rings. The van der Waals surface area contributed by atoms with Gasteiger partial charge >= 0.3 is 0 Å². The number of nitriles is 1. The monoisotopic (exact) mass is 290 g/mol. The molecule has 0 spiro atoms. The van der Waals surface area contributed by atoms with E-state index >= 15 is 0 Å². The Morgan fingerprint density at radius 2 is 2.25 bits per heavy atom. The zero-order valence-electron chi connectivity index (χ0n) is 11.2. The molecule has 0 bridgehead atoms. The van der Waals surface area contributed by atoms with Crippen LogP contribution in [0.5, 0.6) is 5.75 Å². The van der Waals surface area contributed by atoms with Gasteiger partial charge in [-0.3, -0.25) is 0 Å². The van der Waals surface area contributed by atoms with Crippen LogP contribution in [0.2, 0.25) is 0 Å². The van der Waals surface area contributed by atoms with Crippen molar-refractivity contribution in [1.82, 2.24) is 5.32 Å². The molecule has 106 valence electrons. The highest BCUT2D eigenvalue weighted by molar-refractivity contribution is 7.99. The van der Waals surface area contributed by atoms with E-state index in [-0.39, 0.29) is 6.61 Å². The number of ether oxygens (including phenoxy) is 1. The maximum Gasteiger partial charge on any atom is 0.137 e. The van der Waals surface area contributed by atoms with Crippen molar-refractivity contribution in [2.24, 2.45) is 0 Å². The van der Waals surface area contributed by atoms with Gasteiger partial charge in [-0.05, 0) is 12.1 Å². The summed E-state index contributed by atoms with van der Waals surface area (Å²) in [6, 6.07) is 9.02. The summed E-state index contributed by atoms with van der Waals surface area (Å²) >= 11 is 1.67. The third-order valence-electron chi connectivity index (χ3n) is 2.43. The lowest BCUT2D eigenvalue weighted by Gasteiger charge is -2.13. The first-order valence-corrected chi connectivity index (χ1v) is 7.45. The fraction of sp³-hybridized carbons (Fsp3) is 0.400. The summed E-state index contributed by atoms with van der Waals surface area (Å²) in [5.41, 5.74) is 0.471. The zero-order valence-corrected chi connectivity index (χ0v) is 12.0. The number of thioether (sulfide) groups is 1. The van der Waals surface area contributed by atoms with E-state index in [2.05, 4.69) is 17.3 Å². The molecule has 0 aliphatic rings. The predicted molar refractivity (Wildman–Crippen MR) is 81.7 cm³/mol. The number of nitrogens with zero attached hydrogens (tertiary/aromatic N) is 1. The zero-order chi connectivity index (χ0) is 14.6. The second-order valence-electron chi connectivity index (χ2n) is 4.03. The van der Waals surface area contributed by atoms with Crippen LogP contribution in [0.3, 0.4) is 0 Å². The Morgan fingerprint density at radius 3 is 3.00 bits per heavy atom. The standard InChI is InChI=1S/C15H18N2O2S/c1-2-8-20-9-7-17-11-14(18)12-19-15-6-4-3-5-13(15)10-16/h1,3-6,14,17-18H,7-9,11-12H2. The average Bonchev–Trinajstić information content (AvgIpc) is 2.49. The molecule has 0 aliphatic heterocycles. The summed E-state index contributed by atoms with van der Waals surface area (Å²) in [5.74, 6) is 4.67. The van der Waals surface area contributed by atoms with Gasteiger partial charge in [0.25, 0.3) is 0 Å². The Balaban J connectivity index is 2.18. The first-order valence-electron chi connectivity index (χ1n) is 6.30. The Morgan fingerprint density at radius 1 is 1.45 bits per heavy atom. The lowest BCUT2D eigenvalue weighted by atomic mass is 10.2. The summed E-state index contributed by atoms with van der Waals surface area (Å²) in [5, 5.41) is 21.8. The summed E-state index contributed by atoms with van der Waals surface area (Å²) < 4.78 is 5.44. The van der Waals surface area contributed by atoms with E-state index in [1.807, 2.05) is 0 Å². The van der Waals surface area contributed by atoms with Gasteiger partial charge in [0.2, 0.25) is 0 Å². The van der Waals surface area contributed by atoms with Crippen LogP contribution in [0.4, 0.5) is 0 Å². The molecule has 1 unspecified atom stereocenters. The Hall–Kier alpha value is -1.66. The number of para-hydroxylation sites is 1. The van der Waals surface area contributed by atoms with Gasteiger partial charge in [-0.1, -0.05) is 18.1 Å². The van der Waals surface area contributed by atoms with Gasteiger partial charge in [0.15, 0.2) is 0 Å². The Labute approximate surface area is 124 Å². The molecule has 0 aliphatic carbocycles. The third-order valence-corrected chi connectivity index (χ3v) is 3.29. The lowest BCUT2D eigenvalue weighted by molar-refractivity contribution is 0.107. The van der Waals surface area contributed by atoms with Gasteiger partial charge in [-0.2, -0.15) is 5.26 Å². The van der Waals surface area contributed by atoms with Crippen molar-refractivity contribution in [1.29, 1.82) is 5.26 Å². The fourth-order valence-corrected chi connectivity index (χ4v) is 2.02. The summed E-state index contributed by atoms with van der Waals surface area (Å²) in [7, 11) is 0. The van der Waals surface area contributed by atoms with E-state index in [9.17, 15) is 5.11 Å². The minimum atomic E-state index is -0.612. The van der Waals surface area contributed by atoms with Crippen molar-refractivity contribution in [3.8, 4) is 24.2 Å². The van der Waals surface area contributed by atoms with E-state index in [0.29, 0.717) is 23.6 Å². The quantitative estimate of drug-likeness (QED) is 0.529. The molecule has 1 aromatic carbocycles. The minimum absolute atomic E-state index is 0.156. The van der Waals surface area contributed by atoms with E-state index < -0.39 is 6.10 Å². The number of nitrogens with one attached hydrogen (secondary N) is 1. The normalized spacial score (nSPS) is 11.3. The number of hydrogen-bond acceptors (Lipinski definition) is 5. The first-order chi connectivity index (χ1) is 9.77. The van der Waals surface area contributed by atoms with Gasteiger partial charge in [0.1, 0.15) is 24.5 Å². The molecule has 5 heteroatoms. The van der Waals surface area contributed by atoms with Gasteiger partial charge in [-0.15, -0.1) is 18.2 Å². The maximum atomic E-state index is 9.77. The van der Waals surface area contributed by atoms with Crippen molar-refractivity contribution in [3.63, 3.8) is 0 Å². The van der Waals surface area contributed by atoms with E-state index in [0.717, 1.165) is 12.3 Å². The highest BCUT2D eigenvalue weighted by atomic mass is 32.2. The summed E-state index contributed by atoms with van der Waals surface area (Å²) in [6.07, 6.45) is 4.53. The second-order valence-corrected chi connectivity index (χ2v) is 5.14. The SMILES string of the molecule is C#CCSCCNCC(O)COc1ccccc1C#N. The number of terminal acetylenes is 1. The second kappa shape index (κ2) is 10.2. The highest BCUT2D eigenvalue weighted by Gasteiger charge is 2.07. The van der Waals surface area contributed by atoms with Crippen molar-refractivity contribution in [2.45, 2.75) is 6.10 Å². The minimum Gasteiger partial charge on any atom is -0.489 e. The van der Waals surface area contributed by atoms with E-state index in [1.165, 1.54) is 0 Å². The fourth-order valence-electron chi connectivity index (χ4n) is 1.47. The molecule has 0 heterocycles. The van der Waals surface area contributed by atoms with Crippen molar-refractivity contribution in [2.75, 3.05) is 31.2 Å².